The van der Waals surface area contributed by atoms with Crippen molar-refractivity contribution in [3.63, 3.8) is 0 Å². The van der Waals surface area contributed by atoms with E-state index in [2.05, 4.69) is 31.0 Å². The van der Waals surface area contributed by atoms with Crippen molar-refractivity contribution in [1.82, 2.24) is 0 Å². The second kappa shape index (κ2) is 5.53. The van der Waals surface area contributed by atoms with Gasteiger partial charge >= 0.3 is 6.20 Å². The van der Waals surface area contributed by atoms with Crippen LogP contribution < -0.4 is 0 Å². The van der Waals surface area contributed by atoms with Crippen LogP contribution in [0.1, 0.15) is 20.3 Å². The summed E-state index contributed by atoms with van der Waals surface area (Å²) in [4.78, 5) is 3.45. The summed E-state index contributed by atoms with van der Waals surface area (Å²) in [6.07, 6.45) is 4.40. The number of nitrogens with zero attached hydrogens (tertiary/aromatic N) is 1. The first-order chi connectivity index (χ1) is 5.20. The molecule has 0 aromatic heterocycles. The van der Waals surface area contributed by atoms with E-state index in [9.17, 15) is 0 Å². The van der Waals surface area contributed by atoms with E-state index in [0.29, 0.717) is 5.92 Å². The third-order valence-electron chi connectivity index (χ3n) is 1.17. The summed E-state index contributed by atoms with van der Waals surface area (Å²) in [5.41, 5.74) is 3.77. The molecular formula is C10H14N+. The monoisotopic (exact) mass is 148 g/mol. The lowest BCUT2D eigenvalue weighted by Crippen LogP contribution is -1.87. The zero-order chi connectivity index (χ0) is 8.69. The van der Waals surface area contributed by atoms with Gasteiger partial charge in [0.25, 0.3) is 6.57 Å². The quantitative estimate of drug-likeness (QED) is 0.427. The van der Waals surface area contributed by atoms with Gasteiger partial charge in [-0.15, -0.1) is 5.73 Å². The Hall–Kier alpha value is -1.25. The average molecular weight is 148 g/mol. The standard InChI is InChI=1S/C10H14N/c1-5-6-10(8-11-4)7-9(2)3/h4,6,8-9H,1,7H2,2-3H3/q+1/b10-8+. The Morgan fingerprint density at radius 3 is 2.73 bits per heavy atom. The molecule has 0 spiro atoms. The van der Waals surface area contributed by atoms with Crippen molar-refractivity contribution < 1.29 is 0 Å². The van der Waals surface area contributed by atoms with Gasteiger partial charge in [0.1, 0.15) is 0 Å². The normalized spacial score (nSPS) is 10.5. The molecule has 0 fully saturated rings. The second-order valence-electron chi connectivity index (χ2n) is 2.80. The van der Waals surface area contributed by atoms with Crippen LogP contribution in [0.5, 0.6) is 0 Å². The zero-order valence-electron chi connectivity index (χ0n) is 7.17. The number of allylic oxidation sites excluding steroid dienone is 2. The van der Waals surface area contributed by atoms with Crippen LogP contribution in [0, 0.1) is 12.5 Å². The molecule has 0 bridgehead atoms. The molecule has 0 aliphatic rings. The maximum atomic E-state index is 5.02. The summed E-state index contributed by atoms with van der Waals surface area (Å²) in [7, 11) is 0. The van der Waals surface area contributed by atoms with E-state index < -0.39 is 0 Å². The molecule has 0 N–H and O–H groups in total. The molecular weight excluding hydrogens is 134 g/mol. The van der Waals surface area contributed by atoms with Crippen molar-refractivity contribution in [3.05, 3.63) is 35.0 Å². The predicted octanol–water partition coefficient (Wildman–Crippen LogP) is 3.22. The Labute approximate surface area is 68.6 Å². The lowest BCUT2D eigenvalue weighted by molar-refractivity contribution is 0.650. The lowest BCUT2D eigenvalue weighted by atomic mass is 10.0. The highest BCUT2D eigenvalue weighted by Gasteiger charge is 2.00. The molecule has 58 valence electrons. The SMILES string of the molecule is C#[N+]/C=C(\C=C=C)CC(C)C. The van der Waals surface area contributed by atoms with E-state index in [1.165, 1.54) is 0 Å². The minimum absolute atomic E-state index is 0.604. The highest BCUT2D eigenvalue weighted by Crippen LogP contribution is 2.11. The van der Waals surface area contributed by atoms with E-state index in [1.807, 2.05) is 0 Å². The number of hydrogen-bond acceptors (Lipinski definition) is 0. The van der Waals surface area contributed by atoms with Gasteiger partial charge in [-0.1, -0.05) is 20.4 Å². The summed E-state index contributed by atoms with van der Waals surface area (Å²) in [6.45, 7) is 12.8. The molecule has 1 heteroatoms. The maximum Gasteiger partial charge on any atom is 0.308 e. The van der Waals surface area contributed by atoms with Crippen LogP contribution in [-0.2, 0) is 0 Å². The van der Waals surface area contributed by atoms with Gasteiger partial charge in [0.15, 0.2) is 0 Å². The Balaban J connectivity index is 4.26. The fourth-order valence-corrected chi connectivity index (χ4v) is 0.847. The zero-order valence-corrected chi connectivity index (χ0v) is 7.17. The molecule has 0 rings (SSSR count). The predicted molar refractivity (Wildman–Crippen MR) is 49.6 cm³/mol. The van der Waals surface area contributed by atoms with Gasteiger partial charge in [-0.25, -0.2) is 0 Å². The van der Waals surface area contributed by atoms with E-state index in [4.69, 9.17) is 6.57 Å². The van der Waals surface area contributed by atoms with Gasteiger partial charge in [0.05, 0.1) is 0 Å². The molecule has 0 aliphatic carbocycles. The number of hydrogen-bond donors (Lipinski definition) is 0. The molecule has 0 unspecified atom stereocenters. The van der Waals surface area contributed by atoms with E-state index in [1.54, 1.807) is 12.3 Å². The van der Waals surface area contributed by atoms with Crippen molar-refractivity contribution in [2.75, 3.05) is 0 Å². The lowest BCUT2D eigenvalue weighted by Gasteiger charge is -1.99. The number of rotatable bonds is 3. The van der Waals surface area contributed by atoms with Crippen molar-refractivity contribution >= 4 is 0 Å². The average Bonchev–Trinajstić information content (AvgIpc) is 1.87. The van der Waals surface area contributed by atoms with Crippen LogP contribution in [0.3, 0.4) is 0 Å². The molecule has 0 saturated heterocycles. The van der Waals surface area contributed by atoms with Gasteiger partial charge in [0.2, 0.25) is 0 Å². The molecule has 0 amide bonds. The van der Waals surface area contributed by atoms with Crippen molar-refractivity contribution in [2.45, 2.75) is 20.3 Å². The van der Waals surface area contributed by atoms with Crippen molar-refractivity contribution in [2.24, 2.45) is 5.92 Å². The molecule has 0 radical (unpaired) electrons. The molecule has 0 heterocycles. The van der Waals surface area contributed by atoms with Gasteiger partial charge in [-0.05, 0) is 23.3 Å². The molecule has 0 saturated carbocycles. The highest BCUT2D eigenvalue weighted by atomic mass is 14.6. The van der Waals surface area contributed by atoms with Crippen LogP contribution >= 0.6 is 0 Å². The largest absolute Gasteiger partial charge is 0.308 e. The molecule has 0 atom stereocenters. The van der Waals surface area contributed by atoms with E-state index in [0.717, 1.165) is 12.0 Å². The Morgan fingerprint density at radius 2 is 2.36 bits per heavy atom. The van der Waals surface area contributed by atoms with Crippen LogP contribution in [0.25, 0.3) is 4.85 Å². The molecule has 0 aliphatic heterocycles. The first-order valence-electron chi connectivity index (χ1n) is 3.65. The highest BCUT2D eigenvalue weighted by molar-refractivity contribution is 5.20. The third kappa shape index (κ3) is 5.21. The van der Waals surface area contributed by atoms with Crippen LogP contribution in [-0.4, -0.2) is 0 Å². The molecule has 0 aromatic carbocycles. The van der Waals surface area contributed by atoms with Crippen LogP contribution in [0.2, 0.25) is 0 Å². The van der Waals surface area contributed by atoms with Gasteiger partial charge in [-0.2, -0.15) is 0 Å². The molecule has 1 nitrogen and oxygen atoms in total. The van der Waals surface area contributed by atoms with Gasteiger partial charge in [0, 0.05) is 5.57 Å². The Bertz CT molecular complexity index is 222. The molecule has 11 heavy (non-hydrogen) atoms. The summed E-state index contributed by atoms with van der Waals surface area (Å²) in [5.74, 6) is 0.604. The fourth-order valence-electron chi connectivity index (χ4n) is 0.847. The molecule has 0 aromatic rings. The maximum absolute atomic E-state index is 5.02. The van der Waals surface area contributed by atoms with Crippen molar-refractivity contribution in [3.8, 4) is 6.57 Å². The van der Waals surface area contributed by atoms with Gasteiger partial charge < -0.3 is 0 Å². The topological polar surface area (TPSA) is 4.36 Å². The van der Waals surface area contributed by atoms with Gasteiger partial charge in [-0.3, -0.25) is 0 Å². The van der Waals surface area contributed by atoms with Crippen LogP contribution in [0.4, 0.5) is 0 Å². The smallest absolute Gasteiger partial charge is 0.128 e. The first kappa shape index (κ1) is 9.75. The van der Waals surface area contributed by atoms with E-state index in [-0.39, 0.29) is 0 Å². The minimum atomic E-state index is 0.604. The third-order valence-corrected chi connectivity index (χ3v) is 1.17. The summed E-state index contributed by atoms with van der Waals surface area (Å²) >= 11 is 0. The Morgan fingerprint density at radius 1 is 1.73 bits per heavy atom. The minimum Gasteiger partial charge on any atom is -0.128 e. The summed E-state index contributed by atoms with van der Waals surface area (Å²) < 4.78 is 0. The van der Waals surface area contributed by atoms with Crippen LogP contribution in [0.15, 0.2) is 30.2 Å². The fraction of sp³-hybridized carbons (Fsp3) is 0.400. The summed E-state index contributed by atoms with van der Waals surface area (Å²) in [5, 5.41) is 0. The van der Waals surface area contributed by atoms with E-state index >= 15 is 0 Å². The second-order valence-corrected chi connectivity index (χ2v) is 2.80. The summed E-state index contributed by atoms with van der Waals surface area (Å²) in [6, 6.07) is 0. The Kier molecular flexibility index (Phi) is 4.90. The van der Waals surface area contributed by atoms with Crippen molar-refractivity contribution in [1.29, 1.82) is 0 Å². The first-order valence-corrected chi connectivity index (χ1v) is 3.65.